The fraction of sp³-hybridized carbons (Fsp3) is 0.0417. The minimum absolute atomic E-state index is 0.0110. The van der Waals surface area contributed by atoms with Gasteiger partial charge < -0.3 is 4.74 Å². The highest BCUT2D eigenvalue weighted by Gasteiger charge is 2.37. The molecular weight excluding hydrogens is 559 g/mol. The number of carbonyl (C=O) groups is 3. The zero-order valence-corrected chi connectivity index (χ0v) is 20.0. The summed E-state index contributed by atoms with van der Waals surface area (Å²) in [5.74, 6) is -1.90. The van der Waals surface area contributed by atoms with E-state index < -0.39 is 23.7 Å². The van der Waals surface area contributed by atoms with E-state index in [9.17, 15) is 18.8 Å². The van der Waals surface area contributed by atoms with Crippen LogP contribution in [-0.2, 0) is 16.2 Å². The number of carbonyl (C=O) groups excluding carboxylic acids is 3. The Balaban J connectivity index is 1.67. The highest BCUT2D eigenvalue weighted by molar-refractivity contribution is 9.10. The molecule has 0 aromatic heterocycles. The quantitative estimate of drug-likeness (QED) is 0.319. The summed E-state index contributed by atoms with van der Waals surface area (Å²) in [4.78, 5) is 38.6. The summed E-state index contributed by atoms with van der Waals surface area (Å²) in [7, 11) is 0. The van der Waals surface area contributed by atoms with Gasteiger partial charge >= 0.3 is 6.03 Å². The van der Waals surface area contributed by atoms with Gasteiger partial charge in [0.2, 0.25) is 0 Å². The number of amides is 4. The van der Waals surface area contributed by atoms with Crippen molar-refractivity contribution in [3.05, 3.63) is 98.2 Å². The Morgan fingerprint density at radius 3 is 2.39 bits per heavy atom. The first-order chi connectivity index (χ1) is 15.8. The number of barbiturate groups is 1. The summed E-state index contributed by atoms with van der Waals surface area (Å²) in [6.07, 6.45) is 1.35. The standard InChI is InChI=1S/C24H15Br2FN2O4/c25-16-6-4-14(5-7-16)13-33-21-9-8-17(26)10-15(21)11-20-22(30)28-24(32)29(23(20)31)19-3-1-2-18(27)12-19/h1-12H,13H2,(H,28,30,32)/b20-11+. The summed E-state index contributed by atoms with van der Waals surface area (Å²) in [5, 5.41) is 2.12. The van der Waals surface area contributed by atoms with E-state index in [4.69, 9.17) is 4.74 Å². The van der Waals surface area contributed by atoms with Crippen molar-refractivity contribution in [3.63, 3.8) is 0 Å². The fourth-order valence-corrected chi connectivity index (χ4v) is 3.81. The number of imide groups is 2. The number of rotatable bonds is 5. The molecule has 1 fully saturated rings. The molecule has 0 saturated carbocycles. The van der Waals surface area contributed by atoms with Gasteiger partial charge in [-0.15, -0.1) is 0 Å². The Kier molecular flexibility index (Phi) is 6.71. The molecule has 4 amide bonds. The van der Waals surface area contributed by atoms with Crippen LogP contribution in [0.25, 0.3) is 6.08 Å². The van der Waals surface area contributed by atoms with E-state index in [1.54, 1.807) is 18.2 Å². The number of ether oxygens (including phenoxy) is 1. The third-order valence-electron chi connectivity index (χ3n) is 4.75. The molecule has 0 atom stereocenters. The summed E-state index contributed by atoms with van der Waals surface area (Å²) in [5.41, 5.74) is 1.10. The van der Waals surface area contributed by atoms with Crippen molar-refractivity contribution in [1.82, 2.24) is 5.32 Å². The van der Waals surface area contributed by atoms with Gasteiger partial charge in [-0.1, -0.05) is 50.1 Å². The van der Waals surface area contributed by atoms with E-state index in [1.165, 1.54) is 24.3 Å². The van der Waals surface area contributed by atoms with Crippen LogP contribution in [0, 0.1) is 5.82 Å². The van der Waals surface area contributed by atoms with Crippen molar-refractivity contribution in [2.24, 2.45) is 0 Å². The van der Waals surface area contributed by atoms with Crippen LogP contribution in [0.3, 0.4) is 0 Å². The van der Waals surface area contributed by atoms with Gasteiger partial charge in [0.25, 0.3) is 11.8 Å². The Morgan fingerprint density at radius 2 is 1.67 bits per heavy atom. The second-order valence-corrected chi connectivity index (χ2v) is 8.87. The van der Waals surface area contributed by atoms with E-state index >= 15 is 0 Å². The van der Waals surface area contributed by atoms with Gasteiger partial charge in [0, 0.05) is 14.5 Å². The molecule has 166 valence electrons. The number of nitrogens with one attached hydrogen (secondary N) is 1. The maximum atomic E-state index is 13.7. The summed E-state index contributed by atoms with van der Waals surface area (Å²) >= 11 is 6.76. The van der Waals surface area contributed by atoms with Gasteiger partial charge in [-0.05, 0) is 60.2 Å². The summed E-state index contributed by atoms with van der Waals surface area (Å²) < 4.78 is 21.2. The maximum Gasteiger partial charge on any atom is 0.335 e. The lowest BCUT2D eigenvalue weighted by Crippen LogP contribution is -2.54. The molecule has 3 aromatic carbocycles. The lowest BCUT2D eigenvalue weighted by molar-refractivity contribution is -0.122. The van der Waals surface area contributed by atoms with Gasteiger partial charge in [-0.25, -0.2) is 14.1 Å². The molecule has 33 heavy (non-hydrogen) atoms. The highest BCUT2D eigenvalue weighted by Crippen LogP contribution is 2.29. The topological polar surface area (TPSA) is 75.7 Å². The van der Waals surface area contributed by atoms with Crippen LogP contribution in [0.1, 0.15) is 11.1 Å². The molecule has 1 aliphatic rings. The first kappa shape index (κ1) is 22.9. The molecule has 1 N–H and O–H groups in total. The van der Waals surface area contributed by atoms with E-state index in [1.807, 2.05) is 24.3 Å². The minimum atomic E-state index is -0.950. The van der Waals surface area contributed by atoms with Crippen LogP contribution in [0.5, 0.6) is 5.75 Å². The third kappa shape index (κ3) is 5.20. The molecule has 6 nitrogen and oxygen atoms in total. The zero-order valence-electron chi connectivity index (χ0n) is 16.8. The predicted octanol–water partition coefficient (Wildman–Crippen LogP) is 5.60. The van der Waals surface area contributed by atoms with Crippen molar-refractivity contribution >= 4 is 61.5 Å². The smallest absolute Gasteiger partial charge is 0.335 e. The van der Waals surface area contributed by atoms with E-state index in [0.717, 1.165) is 21.0 Å². The van der Waals surface area contributed by atoms with Crippen LogP contribution in [-0.4, -0.2) is 17.8 Å². The molecule has 0 aliphatic carbocycles. The largest absolute Gasteiger partial charge is 0.488 e. The molecule has 0 spiro atoms. The SMILES string of the molecule is O=C1NC(=O)N(c2cccc(F)c2)C(=O)/C1=C/c1cc(Br)ccc1OCc1ccc(Br)cc1. The Bertz CT molecular complexity index is 1290. The molecule has 1 saturated heterocycles. The first-order valence-corrected chi connectivity index (χ1v) is 11.2. The molecule has 9 heteroatoms. The maximum absolute atomic E-state index is 13.7. The van der Waals surface area contributed by atoms with Crippen LogP contribution in [0.2, 0.25) is 0 Å². The van der Waals surface area contributed by atoms with Crippen molar-refractivity contribution in [3.8, 4) is 5.75 Å². The van der Waals surface area contributed by atoms with Crippen LogP contribution in [0.4, 0.5) is 14.9 Å². The van der Waals surface area contributed by atoms with E-state index in [-0.39, 0.29) is 17.9 Å². The van der Waals surface area contributed by atoms with Crippen molar-refractivity contribution in [2.75, 3.05) is 4.90 Å². The highest BCUT2D eigenvalue weighted by atomic mass is 79.9. The normalized spacial score (nSPS) is 15.1. The van der Waals surface area contributed by atoms with Crippen LogP contribution < -0.4 is 15.0 Å². The average molecular weight is 574 g/mol. The van der Waals surface area contributed by atoms with Crippen LogP contribution in [0.15, 0.2) is 81.2 Å². The fourth-order valence-electron chi connectivity index (χ4n) is 3.17. The lowest BCUT2D eigenvalue weighted by atomic mass is 10.1. The molecule has 0 unspecified atom stereocenters. The lowest BCUT2D eigenvalue weighted by Gasteiger charge is -2.26. The number of halogens is 3. The second-order valence-electron chi connectivity index (χ2n) is 7.04. The van der Waals surface area contributed by atoms with Crippen LogP contribution >= 0.6 is 31.9 Å². The number of hydrogen-bond donors (Lipinski definition) is 1. The number of benzene rings is 3. The van der Waals surface area contributed by atoms with Crippen molar-refractivity contribution < 1.29 is 23.5 Å². The number of nitrogens with zero attached hydrogens (tertiary/aromatic N) is 1. The molecule has 1 heterocycles. The second kappa shape index (κ2) is 9.68. The zero-order chi connectivity index (χ0) is 23.5. The van der Waals surface area contributed by atoms with Crippen molar-refractivity contribution in [1.29, 1.82) is 0 Å². The number of urea groups is 1. The third-order valence-corrected chi connectivity index (χ3v) is 5.77. The predicted molar refractivity (Wildman–Crippen MR) is 128 cm³/mol. The van der Waals surface area contributed by atoms with Gasteiger partial charge in [0.05, 0.1) is 5.69 Å². The molecule has 3 aromatic rings. The van der Waals surface area contributed by atoms with Crippen molar-refractivity contribution in [2.45, 2.75) is 6.61 Å². The minimum Gasteiger partial charge on any atom is -0.488 e. The molecule has 4 rings (SSSR count). The summed E-state index contributed by atoms with van der Waals surface area (Å²) in [6.45, 7) is 0.263. The number of hydrogen-bond acceptors (Lipinski definition) is 4. The summed E-state index contributed by atoms with van der Waals surface area (Å²) in [6, 6.07) is 16.8. The molecule has 0 bridgehead atoms. The molecule has 0 radical (unpaired) electrons. The Labute approximate surface area is 205 Å². The van der Waals surface area contributed by atoms with Gasteiger partial charge in [-0.2, -0.15) is 0 Å². The van der Waals surface area contributed by atoms with Gasteiger partial charge in [-0.3, -0.25) is 14.9 Å². The van der Waals surface area contributed by atoms with E-state index in [0.29, 0.717) is 15.8 Å². The van der Waals surface area contributed by atoms with Gasteiger partial charge in [0.1, 0.15) is 23.7 Å². The first-order valence-electron chi connectivity index (χ1n) is 9.65. The Morgan fingerprint density at radius 1 is 0.939 bits per heavy atom. The number of anilines is 1. The molecular formula is C24H15Br2FN2O4. The molecule has 1 aliphatic heterocycles. The van der Waals surface area contributed by atoms with Gasteiger partial charge in [0.15, 0.2) is 0 Å². The Hall–Kier alpha value is -3.30. The monoisotopic (exact) mass is 572 g/mol. The average Bonchev–Trinajstić information content (AvgIpc) is 2.77. The van der Waals surface area contributed by atoms with E-state index in [2.05, 4.69) is 37.2 Å².